The van der Waals surface area contributed by atoms with Crippen LogP contribution in [0, 0.1) is 4.77 Å². The average molecular weight is 247 g/mol. The molecule has 2 aromatic heterocycles. The molecule has 6 heteroatoms. The molecule has 0 saturated carbocycles. The molecule has 0 aliphatic heterocycles. The van der Waals surface area contributed by atoms with Gasteiger partial charge in [0, 0.05) is 18.8 Å². The molecule has 0 aliphatic carbocycles. The Balaban J connectivity index is 2.26. The zero-order valence-electron chi connectivity index (χ0n) is 9.50. The monoisotopic (exact) mass is 247 g/mol. The fraction of sp³-hybridized carbons (Fsp3) is 0.273. The van der Waals surface area contributed by atoms with E-state index in [1.807, 2.05) is 12.1 Å². The summed E-state index contributed by atoms with van der Waals surface area (Å²) in [5.41, 5.74) is 0.977. The Kier molecular flexibility index (Phi) is 3.77. The topological polar surface area (TPSA) is 58.9 Å². The molecule has 0 spiro atoms. The summed E-state index contributed by atoms with van der Waals surface area (Å²) >= 11 is 5.12. The van der Waals surface area contributed by atoms with Crippen LogP contribution in [-0.4, -0.2) is 26.1 Å². The van der Waals surface area contributed by atoms with Gasteiger partial charge in [-0.25, -0.2) is 0 Å². The minimum Gasteiger partial charge on any atom is -0.265 e. The maximum atomic E-state index is 5.12. The van der Waals surface area contributed by atoms with Crippen molar-refractivity contribution in [1.82, 2.24) is 19.9 Å². The van der Waals surface area contributed by atoms with Gasteiger partial charge in [0.2, 0.25) is 4.77 Å². The summed E-state index contributed by atoms with van der Waals surface area (Å²) in [5.74, 6) is 0.850. The summed E-state index contributed by atoms with van der Waals surface area (Å²) in [6.07, 6.45) is 7.04. The van der Waals surface area contributed by atoms with Crippen molar-refractivity contribution in [1.29, 1.82) is 0 Å². The molecule has 0 aliphatic rings. The first-order valence-corrected chi connectivity index (χ1v) is 5.82. The lowest BCUT2D eigenvalue weighted by Gasteiger charge is -1.97. The molecular weight excluding hydrogens is 234 g/mol. The van der Waals surface area contributed by atoms with Crippen LogP contribution in [0.5, 0.6) is 0 Å². The van der Waals surface area contributed by atoms with Crippen LogP contribution in [0.25, 0.3) is 0 Å². The molecule has 0 amide bonds. The van der Waals surface area contributed by atoms with E-state index in [9.17, 15) is 0 Å². The van der Waals surface area contributed by atoms with Crippen molar-refractivity contribution in [3.05, 3.63) is 40.7 Å². The predicted molar refractivity (Wildman–Crippen MR) is 68.6 cm³/mol. The van der Waals surface area contributed by atoms with Gasteiger partial charge in [-0.3, -0.25) is 10.1 Å². The van der Waals surface area contributed by atoms with E-state index < -0.39 is 0 Å². The van der Waals surface area contributed by atoms with Gasteiger partial charge >= 0.3 is 0 Å². The molecule has 17 heavy (non-hydrogen) atoms. The van der Waals surface area contributed by atoms with Crippen molar-refractivity contribution < 1.29 is 0 Å². The van der Waals surface area contributed by atoms with Crippen LogP contribution < -0.4 is 0 Å². The van der Waals surface area contributed by atoms with Crippen molar-refractivity contribution >= 4 is 18.4 Å². The normalized spacial score (nSPS) is 11.1. The van der Waals surface area contributed by atoms with Crippen LogP contribution in [-0.2, 0) is 6.42 Å². The first-order chi connectivity index (χ1) is 8.31. The number of nitrogens with one attached hydrogen (secondary N) is 1. The number of aryl methyl sites for hydroxylation is 1. The van der Waals surface area contributed by atoms with Crippen molar-refractivity contribution in [2.24, 2.45) is 5.10 Å². The largest absolute Gasteiger partial charge is 0.265 e. The second-order valence-corrected chi connectivity index (χ2v) is 3.92. The molecule has 2 rings (SSSR count). The highest BCUT2D eigenvalue weighted by Crippen LogP contribution is 2.01. The number of rotatable bonds is 4. The summed E-state index contributed by atoms with van der Waals surface area (Å²) in [6.45, 7) is 2.09. The molecule has 0 saturated heterocycles. The van der Waals surface area contributed by atoms with Gasteiger partial charge < -0.3 is 0 Å². The predicted octanol–water partition coefficient (Wildman–Crippen LogP) is 2.17. The highest BCUT2D eigenvalue weighted by molar-refractivity contribution is 7.71. The zero-order chi connectivity index (χ0) is 12.1. The molecule has 2 heterocycles. The quantitative estimate of drug-likeness (QED) is 0.665. The number of pyridine rings is 1. The average Bonchev–Trinajstić information content (AvgIpc) is 2.70. The third kappa shape index (κ3) is 2.85. The molecule has 2 aromatic rings. The van der Waals surface area contributed by atoms with E-state index in [0.717, 1.165) is 24.2 Å². The van der Waals surface area contributed by atoms with E-state index >= 15 is 0 Å². The molecule has 0 aromatic carbocycles. The molecule has 0 fully saturated rings. The first-order valence-electron chi connectivity index (χ1n) is 5.42. The van der Waals surface area contributed by atoms with Gasteiger partial charge in [0.15, 0.2) is 5.82 Å². The van der Waals surface area contributed by atoms with Crippen molar-refractivity contribution in [2.45, 2.75) is 19.8 Å². The second-order valence-electron chi connectivity index (χ2n) is 3.53. The standard InChI is InChI=1S/C11H13N5S/c1-2-3-10-14-15-11(17)16(10)13-8-9-4-6-12-7-5-9/h4-8H,2-3H2,1H3,(H,15,17)/b13-8+. The van der Waals surface area contributed by atoms with Crippen LogP contribution in [0.4, 0.5) is 0 Å². The lowest BCUT2D eigenvalue weighted by molar-refractivity contribution is 0.740. The molecular formula is C11H13N5S. The number of H-pyrrole nitrogens is 1. The van der Waals surface area contributed by atoms with Crippen LogP contribution in [0.15, 0.2) is 29.6 Å². The number of hydrogen-bond acceptors (Lipinski definition) is 4. The van der Waals surface area contributed by atoms with Crippen molar-refractivity contribution in [3.63, 3.8) is 0 Å². The highest BCUT2D eigenvalue weighted by atomic mass is 32.1. The Hall–Kier alpha value is -1.82. The lowest BCUT2D eigenvalue weighted by Crippen LogP contribution is -1.98. The Morgan fingerprint density at radius 1 is 1.47 bits per heavy atom. The summed E-state index contributed by atoms with van der Waals surface area (Å²) < 4.78 is 2.16. The van der Waals surface area contributed by atoms with Gasteiger partial charge in [-0.2, -0.15) is 14.9 Å². The Bertz CT molecular complexity index is 555. The minimum atomic E-state index is 0.513. The highest BCUT2D eigenvalue weighted by Gasteiger charge is 2.02. The maximum Gasteiger partial charge on any atom is 0.216 e. The van der Waals surface area contributed by atoms with E-state index in [1.54, 1.807) is 23.3 Å². The molecule has 0 unspecified atom stereocenters. The van der Waals surface area contributed by atoms with Crippen LogP contribution >= 0.6 is 12.2 Å². The smallest absolute Gasteiger partial charge is 0.216 e. The number of hydrogen-bond donors (Lipinski definition) is 1. The van der Waals surface area contributed by atoms with Crippen LogP contribution in [0.3, 0.4) is 0 Å². The zero-order valence-corrected chi connectivity index (χ0v) is 10.3. The van der Waals surface area contributed by atoms with E-state index in [4.69, 9.17) is 12.2 Å². The molecule has 0 radical (unpaired) electrons. The van der Waals surface area contributed by atoms with Gasteiger partial charge in [-0.1, -0.05) is 6.92 Å². The molecule has 88 valence electrons. The van der Waals surface area contributed by atoms with Crippen molar-refractivity contribution in [2.75, 3.05) is 0 Å². The Morgan fingerprint density at radius 2 is 2.24 bits per heavy atom. The fourth-order valence-electron chi connectivity index (χ4n) is 1.40. The Labute approximate surface area is 104 Å². The second kappa shape index (κ2) is 5.49. The minimum absolute atomic E-state index is 0.513. The van der Waals surface area contributed by atoms with Gasteiger partial charge in [-0.15, -0.1) is 0 Å². The van der Waals surface area contributed by atoms with Gasteiger partial charge in [0.1, 0.15) is 0 Å². The van der Waals surface area contributed by atoms with Gasteiger partial charge in [0.25, 0.3) is 0 Å². The molecule has 1 N–H and O–H groups in total. The molecule has 5 nitrogen and oxygen atoms in total. The SMILES string of the molecule is CCCc1n[nH]c(=S)n1/N=C/c1ccncc1. The summed E-state index contributed by atoms with van der Waals surface area (Å²) in [6, 6.07) is 3.76. The van der Waals surface area contributed by atoms with Crippen LogP contribution in [0.2, 0.25) is 0 Å². The first kappa shape index (κ1) is 11.7. The fourth-order valence-corrected chi connectivity index (χ4v) is 1.60. The van der Waals surface area contributed by atoms with Crippen LogP contribution in [0.1, 0.15) is 24.7 Å². The third-order valence-electron chi connectivity index (χ3n) is 2.22. The van der Waals surface area contributed by atoms with E-state index in [0.29, 0.717) is 4.77 Å². The van der Waals surface area contributed by atoms with E-state index in [2.05, 4.69) is 27.2 Å². The summed E-state index contributed by atoms with van der Waals surface area (Å²) in [5, 5.41) is 11.2. The number of aromatic nitrogens is 4. The maximum absolute atomic E-state index is 5.12. The number of nitrogens with zero attached hydrogens (tertiary/aromatic N) is 4. The van der Waals surface area contributed by atoms with E-state index in [1.165, 1.54) is 0 Å². The van der Waals surface area contributed by atoms with Gasteiger partial charge in [-0.05, 0) is 36.3 Å². The third-order valence-corrected chi connectivity index (χ3v) is 2.48. The summed E-state index contributed by atoms with van der Waals surface area (Å²) in [7, 11) is 0. The lowest BCUT2D eigenvalue weighted by atomic mass is 10.3. The summed E-state index contributed by atoms with van der Waals surface area (Å²) in [4.78, 5) is 3.95. The molecule has 0 bridgehead atoms. The van der Waals surface area contributed by atoms with E-state index in [-0.39, 0.29) is 0 Å². The Morgan fingerprint density at radius 3 is 2.94 bits per heavy atom. The van der Waals surface area contributed by atoms with Crippen molar-refractivity contribution in [3.8, 4) is 0 Å². The molecule has 0 atom stereocenters. The van der Waals surface area contributed by atoms with Gasteiger partial charge in [0.05, 0.1) is 6.21 Å². The number of aromatic amines is 1.